The Balaban J connectivity index is 1.88. The van der Waals surface area contributed by atoms with Crippen LogP contribution in [0.4, 0.5) is 5.69 Å². The number of ether oxygens (including phenoxy) is 3. The van der Waals surface area contributed by atoms with E-state index in [1.54, 1.807) is 30.3 Å². The summed E-state index contributed by atoms with van der Waals surface area (Å²) in [6.07, 6.45) is 0.950. The standard InChI is InChI=1S/C18H20ClNO4/c1-3-10-23-14-5-7-15(8-6-14)24-12-18(21)20-16-11-13(19)4-9-17(16)22-2/h4-9,11H,3,10,12H2,1-2H3,(H,20,21). The lowest BCUT2D eigenvalue weighted by molar-refractivity contribution is -0.118. The molecule has 2 rings (SSSR count). The molecule has 0 bridgehead atoms. The molecule has 0 spiro atoms. The van der Waals surface area contributed by atoms with Gasteiger partial charge in [0.1, 0.15) is 17.2 Å². The lowest BCUT2D eigenvalue weighted by Crippen LogP contribution is -2.20. The molecular formula is C18H20ClNO4. The summed E-state index contributed by atoms with van der Waals surface area (Å²) in [5.41, 5.74) is 0.502. The zero-order valence-corrected chi connectivity index (χ0v) is 14.4. The van der Waals surface area contributed by atoms with Crippen LogP contribution in [0.5, 0.6) is 17.2 Å². The van der Waals surface area contributed by atoms with Gasteiger partial charge in [-0.05, 0) is 48.9 Å². The van der Waals surface area contributed by atoms with E-state index in [0.29, 0.717) is 28.8 Å². The van der Waals surface area contributed by atoms with Gasteiger partial charge in [0.15, 0.2) is 6.61 Å². The van der Waals surface area contributed by atoms with Crippen LogP contribution in [0, 0.1) is 0 Å². The summed E-state index contributed by atoms with van der Waals surface area (Å²) in [4.78, 5) is 12.0. The van der Waals surface area contributed by atoms with E-state index < -0.39 is 0 Å². The number of amides is 1. The van der Waals surface area contributed by atoms with Gasteiger partial charge < -0.3 is 19.5 Å². The first-order valence-corrected chi connectivity index (χ1v) is 7.99. The molecule has 6 heteroatoms. The van der Waals surface area contributed by atoms with Crippen LogP contribution in [0.1, 0.15) is 13.3 Å². The van der Waals surface area contributed by atoms with Gasteiger partial charge >= 0.3 is 0 Å². The summed E-state index contributed by atoms with van der Waals surface area (Å²) in [6.45, 7) is 2.60. The smallest absolute Gasteiger partial charge is 0.262 e. The van der Waals surface area contributed by atoms with Gasteiger partial charge in [-0.25, -0.2) is 0 Å². The molecule has 0 heterocycles. The third kappa shape index (κ3) is 5.35. The topological polar surface area (TPSA) is 56.8 Å². The molecule has 0 unspecified atom stereocenters. The molecule has 128 valence electrons. The Morgan fingerprint density at radius 2 is 1.75 bits per heavy atom. The van der Waals surface area contributed by atoms with E-state index in [-0.39, 0.29) is 12.5 Å². The Hall–Kier alpha value is -2.40. The molecule has 0 aromatic heterocycles. The van der Waals surface area contributed by atoms with Crippen molar-refractivity contribution >= 4 is 23.2 Å². The van der Waals surface area contributed by atoms with Crippen LogP contribution in [0.2, 0.25) is 5.02 Å². The highest BCUT2D eigenvalue weighted by Gasteiger charge is 2.09. The Bertz CT molecular complexity index is 673. The lowest BCUT2D eigenvalue weighted by Gasteiger charge is -2.11. The molecule has 0 saturated carbocycles. The maximum atomic E-state index is 12.0. The number of carbonyl (C=O) groups excluding carboxylic acids is 1. The maximum Gasteiger partial charge on any atom is 0.262 e. The van der Waals surface area contributed by atoms with Crippen LogP contribution in [-0.4, -0.2) is 26.2 Å². The van der Waals surface area contributed by atoms with Crippen LogP contribution >= 0.6 is 11.6 Å². The van der Waals surface area contributed by atoms with E-state index in [0.717, 1.165) is 12.2 Å². The lowest BCUT2D eigenvalue weighted by atomic mass is 10.3. The molecule has 0 aliphatic heterocycles. The molecule has 2 aromatic rings. The monoisotopic (exact) mass is 349 g/mol. The fourth-order valence-corrected chi connectivity index (χ4v) is 2.14. The zero-order valence-electron chi connectivity index (χ0n) is 13.7. The Labute approximate surface area is 146 Å². The van der Waals surface area contributed by atoms with Crippen molar-refractivity contribution in [2.75, 3.05) is 25.6 Å². The first kappa shape index (κ1) is 17.9. The van der Waals surface area contributed by atoms with Crippen LogP contribution in [0.15, 0.2) is 42.5 Å². The number of rotatable bonds is 8. The van der Waals surface area contributed by atoms with Crippen molar-refractivity contribution in [3.63, 3.8) is 0 Å². The van der Waals surface area contributed by atoms with Crippen molar-refractivity contribution in [3.8, 4) is 17.2 Å². The Kier molecular flexibility index (Phi) is 6.75. The first-order valence-electron chi connectivity index (χ1n) is 7.61. The minimum atomic E-state index is -0.304. The van der Waals surface area contributed by atoms with Crippen LogP contribution < -0.4 is 19.5 Å². The maximum absolute atomic E-state index is 12.0. The van der Waals surface area contributed by atoms with Gasteiger partial charge in [0.25, 0.3) is 5.91 Å². The highest BCUT2D eigenvalue weighted by Crippen LogP contribution is 2.27. The summed E-state index contributed by atoms with van der Waals surface area (Å²) >= 11 is 5.93. The molecular weight excluding hydrogens is 330 g/mol. The Morgan fingerprint density at radius 1 is 1.08 bits per heavy atom. The number of carbonyl (C=O) groups is 1. The van der Waals surface area contributed by atoms with Crippen LogP contribution in [0.25, 0.3) is 0 Å². The highest BCUT2D eigenvalue weighted by atomic mass is 35.5. The SMILES string of the molecule is CCCOc1ccc(OCC(=O)Nc2cc(Cl)ccc2OC)cc1. The molecule has 0 atom stereocenters. The average Bonchev–Trinajstić information content (AvgIpc) is 2.59. The molecule has 0 aliphatic rings. The second-order valence-electron chi connectivity index (χ2n) is 5.00. The summed E-state index contributed by atoms with van der Waals surface area (Å²) in [6, 6.07) is 12.1. The quantitative estimate of drug-likeness (QED) is 0.777. The second kappa shape index (κ2) is 9.03. The molecule has 5 nitrogen and oxygen atoms in total. The molecule has 1 N–H and O–H groups in total. The normalized spacial score (nSPS) is 10.1. The largest absolute Gasteiger partial charge is 0.495 e. The average molecular weight is 350 g/mol. The molecule has 0 saturated heterocycles. The fourth-order valence-electron chi connectivity index (χ4n) is 1.97. The van der Waals surface area contributed by atoms with E-state index in [1.807, 2.05) is 19.1 Å². The van der Waals surface area contributed by atoms with Crippen molar-refractivity contribution in [2.24, 2.45) is 0 Å². The van der Waals surface area contributed by atoms with Gasteiger partial charge in [-0.1, -0.05) is 18.5 Å². The van der Waals surface area contributed by atoms with E-state index in [2.05, 4.69) is 5.32 Å². The van der Waals surface area contributed by atoms with Crippen molar-refractivity contribution in [1.29, 1.82) is 0 Å². The molecule has 0 fully saturated rings. The third-order valence-electron chi connectivity index (χ3n) is 3.10. The predicted octanol–water partition coefficient (Wildman–Crippen LogP) is 4.15. The summed E-state index contributed by atoms with van der Waals surface area (Å²) in [5.74, 6) is 1.59. The second-order valence-corrected chi connectivity index (χ2v) is 5.44. The number of nitrogens with one attached hydrogen (secondary N) is 1. The van der Waals surface area contributed by atoms with Crippen molar-refractivity contribution in [2.45, 2.75) is 13.3 Å². The zero-order chi connectivity index (χ0) is 17.4. The van der Waals surface area contributed by atoms with Gasteiger partial charge in [-0.15, -0.1) is 0 Å². The number of halogens is 1. The summed E-state index contributed by atoms with van der Waals surface area (Å²) in [5, 5.41) is 3.22. The van der Waals surface area contributed by atoms with Gasteiger partial charge in [0, 0.05) is 5.02 Å². The molecule has 1 amide bonds. The minimum Gasteiger partial charge on any atom is -0.495 e. The Morgan fingerprint density at radius 3 is 2.38 bits per heavy atom. The molecule has 0 radical (unpaired) electrons. The number of hydrogen-bond donors (Lipinski definition) is 1. The van der Waals surface area contributed by atoms with E-state index in [4.69, 9.17) is 25.8 Å². The van der Waals surface area contributed by atoms with Gasteiger partial charge in [0.2, 0.25) is 0 Å². The van der Waals surface area contributed by atoms with Crippen LogP contribution in [0.3, 0.4) is 0 Å². The van der Waals surface area contributed by atoms with Crippen molar-refractivity contribution in [3.05, 3.63) is 47.5 Å². The van der Waals surface area contributed by atoms with Gasteiger partial charge in [-0.2, -0.15) is 0 Å². The van der Waals surface area contributed by atoms with Crippen molar-refractivity contribution < 1.29 is 19.0 Å². The summed E-state index contributed by atoms with van der Waals surface area (Å²) in [7, 11) is 1.53. The number of benzene rings is 2. The number of methoxy groups -OCH3 is 1. The van der Waals surface area contributed by atoms with E-state index in [9.17, 15) is 4.79 Å². The molecule has 24 heavy (non-hydrogen) atoms. The molecule has 2 aromatic carbocycles. The van der Waals surface area contributed by atoms with E-state index >= 15 is 0 Å². The number of anilines is 1. The minimum absolute atomic E-state index is 0.120. The predicted molar refractivity (Wildman–Crippen MR) is 94.4 cm³/mol. The fraction of sp³-hybridized carbons (Fsp3) is 0.278. The first-order chi connectivity index (χ1) is 11.6. The highest BCUT2D eigenvalue weighted by molar-refractivity contribution is 6.31. The van der Waals surface area contributed by atoms with Gasteiger partial charge in [-0.3, -0.25) is 4.79 Å². The van der Waals surface area contributed by atoms with Crippen LogP contribution in [-0.2, 0) is 4.79 Å². The summed E-state index contributed by atoms with van der Waals surface area (Å²) < 4.78 is 16.1. The van der Waals surface area contributed by atoms with E-state index in [1.165, 1.54) is 7.11 Å². The molecule has 0 aliphatic carbocycles. The van der Waals surface area contributed by atoms with Gasteiger partial charge in [0.05, 0.1) is 19.4 Å². The number of hydrogen-bond acceptors (Lipinski definition) is 4. The third-order valence-corrected chi connectivity index (χ3v) is 3.34. The van der Waals surface area contributed by atoms with Crippen molar-refractivity contribution in [1.82, 2.24) is 0 Å².